The molecule has 0 spiro atoms. The molecule has 0 aliphatic heterocycles. The Morgan fingerprint density at radius 1 is 1.36 bits per heavy atom. The molecule has 14 heavy (non-hydrogen) atoms. The average Bonchev–Trinajstić information content (AvgIpc) is 2.14. The van der Waals surface area contributed by atoms with Crippen molar-refractivity contribution in [2.75, 3.05) is 0 Å². The molecule has 0 bridgehead atoms. The normalized spacial score (nSPS) is 18.1. The van der Waals surface area contributed by atoms with Crippen LogP contribution in [0.5, 0.6) is 0 Å². The van der Waals surface area contributed by atoms with Crippen molar-refractivity contribution in [3.8, 4) is 0 Å². The summed E-state index contributed by atoms with van der Waals surface area (Å²) < 4.78 is 0. The maximum absolute atomic E-state index is 11.4. The lowest BCUT2D eigenvalue weighted by Gasteiger charge is -2.25. The van der Waals surface area contributed by atoms with Crippen LogP contribution in [0.3, 0.4) is 0 Å². The second-order valence-corrected chi connectivity index (χ2v) is 4.27. The maximum Gasteiger partial charge on any atom is 0.133 e. The van der Waals surface area contributed by atoms with Crippen molar-refractivity contribution >= 4 is 5.78 Å². The Hall–Kier alpha value is -0.590. The Morgan fingerprint density at radius 2 is 1.93 bits per heavy atom. The lowest BCUT2D eigenvalue weighted by Crippen LogP contribution is -2.24. The molecule has 0 aliphatic rings. The van der Waals surface area contributed by atoms with Gasteiger partial charge in [-0.25, -0.2) is 0 Å². The van der Waals surface area contributed by atoms with Crippen LogP contribution in [-0.4, -0.2) is 5.78 Å². The van der Waals surface area contributed by atoms with Gasteiger partial charge in [-0.1, -0.05) is 32.9 Å². The Balaban J connectivity index is 4.26. The summed E-state index contributed by atoms with van der Waals surface area (Å²) in [5.74, 6) is 1.68. The SMILES string of the molecule is C/C=C/C[C@@H](C)C(C)[C@H](CC)C(C)=O. The van der Waals surface area contributed by atoms with Crippen LogP contribution in [0.2, 0.25) is 0 Å². The number of hydrogen-bond donors (Lipinski definition) is 0. The third-order valence-corrected chi connectivity index (χ3v) is 3.24. The minimum Gasteiger partial charge on any atom is -0.300 e. The van der Waals surface area contributed by atoms with Crippen LogP contribution in [0.4, 0.5) is 0 Å². The highest BCUT2D eigenvalue weighted by atomic mass is 16.1. The Labute approximate surface area is 88.6 Å². The molecule has 0 rings (SSSR count). The summed E-state index contributed by atoms with van der Waals surface area (Å²) in [6.07, 6.45) is 6.32. The molecule has 0 saturated carbocycles. The van der Waals surface area contributed by atoms with E-state index in [0.717, 1.165) is 12.8 Å². The van der Waals surface area contributed by atoms with Crippen LogP contribution >= 0.6 is 0 Å². The van der Waals surface area contributed by atoms with Gasteiger partial charge in [-0.2, -0.15) is 0 Å². The second-order valence-electron chi connectivity index (χ2n) is 4.27. The zero-order valence-corrected chi connectivity index (χ0v) is 10.2. The van der Waals surface area contributed by atoms with Crippen molar-refractivity contribution in [2.24, 2.45) is 17.8 Å². The van der Waals surface area contributed by atoms with Gasteiger partial charge in [0.2, 0.25) is 0 Å². The van der Waals surface area contributed by atoms with Gasteiger partial charge in [-0.15, -0.1) is 0 Å². The fraction of sp³-hybridized carbons (Fsp3) is 0.769. The van der Waals surface area contributed by atoms with Crippen LogP contribution in [-0.2, 0) is 4.79 Å². The van der Waals surface area contributed by atoms with Crippen molar-refractivity contribution in [2.45, 2.75) is 47.5 Å². The first-order chi connectivity index (χ1) is 6.54. The zero-order valence-electron chi connectivity index (χ0n) is 10.2. The standard InChI is InChI=1S/C13H24O/c1-6-8-9-10(3)11(4)13(7-2)12(5)14/h6,8,10-11,13H,7,9H2,1-5H3/b8-6+/t10-,11?,13+/m1/s1. The van der Waals surface area contributed by atoms with E-state index in [1.807, 2.05) is 6.92 Å². The topological polar surface area (TPSA) is 17.1 Å². The van der Waals surface area contributed by atoms with Crippen LogP contribution in [0.25, 0.3) is 0 Å². The van der Waals surface area contributed by atoms with Gasteiger partial charge >= 0.3 is 0 Å². The molecule has 0 heterocycles. The number of rotatable bonds is 6. The lowest BCUT2D eigenvalue weighted by atomic mass is 9.79. The van der Waals surface area contributed by atoms with Crippen LogP contribution in [0, 0.1) is 17.8 Å². The predicted molar refractivity (Wildman–Crippen MR) is 62.2 cm³/mol. The van der Waals surface area contributed by atoms with E-state index < -0.39 is 0 Å². The number of allylic oxidation sites excluding steroid dienone is 2. The van der Waals surface area contributed by atoms with E-state index in [1.165, 1.54) is 0 Å². The summed E-state index contributed by atoms with van der Waals surface area (Å²) in [5.41, 5.74) is 0. The fourth-order valence-corrected chi connectivity index (χ4v) is 1.99. The van der Waals surface area contributed by atoms with Crippen molar-refractivity contribution in [1.29, 1.82) is 0 Å². The number of ketones is 1. The van der Waals surface area contributed by atoms with Gasteiger partial charge < -0.3 is 0 Å². The second kappa shape index (κ2) is 6.80. The predicted octanol–water partition coefficient (Wildman–Crippen LogP) is 3.84. The molecule has 0 aromatic carbocycles. The summed E-state index contributed by atoms with van der Waals surface area (Å²) >= 11 is 0. The minimum absolute atomic E-state index is 0.246. The molecule has 0 aromatic heterocycles. The van der Waals surface area contributed by atoms with E-state index in [0.29, 0.717) is 17.6 Å². The van der Waals surface area contributed by atoms with Crippen molar-refractivity contribution in [1.82, 2.24) is 0 Å². The molecule has 1 heteroatoms. The van der Waals surface area contributed by atoms with E-state index in [1.54, 1.807) is 6.92 Å². The Bertz CT molecular complexity index is 193. The molecule has 0 saturated heterocycles. The summed E-state index contributed by atoms with van der Waals surface area (Å²) in [6.45, 7) is 10.3. The molecule has 0 fully saturated rings. The van der Waals surface area contributed by atoms with E-state index >= 15 is 0 Å². The van der Waals surface area contributed by atoms with Crippen LogP contribution in [0.15, 0.2) is 12.2 Å². The zero-order chi connectivity index (χ0) is 11.1. The van der Waals surface area contributed by atoms with Gasteiger partial charge in [0.15, 0.2) is 0 Å². The molecule has 0 radical (unpaired) electrons. The lowest BCUT2D eigenvalue weighted by molar-refractivity contribution is -0.122. The first-order valence-corrected chi connectivity index (χ1v) is 5.66. The highest BCUT2D eigenvalue weighted by molar-refractivity contribution is 5.78. The molecule has 0 aromatic rings. The van der Waals surface area contributed by atoms with Gasteiger partial charge in [0.25, 0.3) is 0 Å². The highest BCUT2D eigenvalue weighted by Crippen LogP contribution is 2.26. The largest absolute Gasteiger partial charge is 0.300 e. The van der Waals surface area contributed by atoms with Crippen LogP contribution < -0.4 is 0 Å². The smallest absolute Gasteiger partial charge is 0.133 e. The third-order valence-electron chi connectivity index (χ3n) is 3.24. The average molecular weight is 196 g/mol. The minimum atomic E-state index is 0.246. The summed E-state index contributed by atoms with van der Waals surface area (Å²) in [5, 5.41) is 0. The Kier molecular flexibility index (Phi) is 6.52. The highest BCUT2D eigenvalue weighted by Gasteiger charge is 2.23. The van der Waals surface area contributed by atoms with E-state index in [-0.39, 0.29) is 5.92 Å². The summed E-state index contributed by atoms with van der Waals surface area (Å²) in [4.78, 5) is 11.4. The van der Waals surface area contributed by atoms with E-state index in [9.17, 15) is 4.79 Å². The molecular weight excluding hydrogens is 172 g/mol. The van der Waals surface area contributed by atoms with E-state index in [4.69, 9.17) is 0 Å². The maximum atomic E-state index is 11.4. The molecule has 0 N–H and O–H groups in total. The van der Waals surface area contributed by atoms with Crippen molar-refractivity contribution in [3.63, 3.8) is 0 Å². The molecule has 0 amide bonds. The molecule has 1 nitrogen and oxygen atoms in total. The summed E-state index contributed by atoms with van der Waals surface area (Å²) in [7, 11) is 0. The first-order valence-electron chi connectivity index (χ1n) is 5.66. The van der Waals surface area contributed by atoms with E-state index in [2.05, 4.69) is 32.9 Å². The van der Waals surface area contributed by atoms with Crippen molar-refractivity contribution < 1.29 is 4.79 Å². The van der Waals surface area contributed by atoms with Gasteiger partial charge in [-0.3, -0.25) is 4.79 Å². The Morgan fingerprint density at radius 3 is 2.29 bits per heavy atom. The fourth-order valence-electron chi connectivity index (χ4n) is 1.99. The van der Waals surface area contributed by atoms with Gasteiger partial charge in [0.05, 0.1) is 0 Å². The molecule has 1 unspecified atom stereocenters. The van der Waals surface area contributed by atoms with Gasteiger partial charge in [0.1, 0.15) is 5.78 Å². The third kappa shape index (κ3) is 4.08. The van der Waals surface area contributed by atoms with Gasteiger partial charge in [0, 0.05) is 5.92 Å². The van der Waals surface area contributed by atoms with Gasteiger partial charge in [-0.05, 0) is 38.5 Å². The van der Waals surface area contributed by atoms with Crippen molar-refractivity contribution in [3.05, 3.63) is 12.2 Å². The monoisotopic (exact) mass is 196 g/mol. The molecule has 0 aliphatic carbocycles. The number of hydrogen-bond acceptors (Lipinski definition) is 1. The summed E-state index contributed by atoms with van der Waals surface area (Å²) in [6, 6.07) is 0. The van der Waals surface area contributed by atoms with Crippen LogP contribution in [0.1, 0.15) is 47.5 Å². The molecular formula is C13H24O. The quantitative estimate of drug-likeness (QED) is 0.590. The number of carbonyl (C=O) groups excluding carboxylic acids is 1. The number of carbonyl (C=O) groups is 1. The molecule has 3 atom stereocenters. The number of Topliss-reactive ketones (excluding diaryl/α,β-unsaturated/α-hetero) is 1. The molecule has 82 valence electrons. The first kappa shape index (κ1) is 13.4.